The lowest BCUT2D eigenvalue weighted by Crippen LogP contribution is -2.11. The monoisotopic (exact) mass is 275 g/mol. The second-order valence-electron chi connectivity index (χ2n) is 4.20. The van der Waals surface area contributed by atoms with Crippen LogP contribution in [0.1, 0.15) is 28.1 Å². The summed E-state index contributed by atoms with van der Waals surface area (Å²) in [6.07, 6.45) is 0.774. The van der Waals surface area contributed by atoms with Gasteiger partial charge in [-0.2, -0.15) is 0 Å². The van der Waals surface area contributed by atoms with Crippen molar-refractivity contribution in [2.75, 3.05) is 0 Å². The Labute approximate surface area is 116 Å². The van der Waals surface area contributed by atoms with E-state index in [9.17, 15) is 0 Å². The minimum absolute atomic E-state index is 0.0801. The van der Waals surface area contributed by atoms with E-state index < -0.39 is 0 Å². The largest absolute Gasteiger partial charge is 0.486 e. The molecule has 0 saturated heterocycles. The Morgan fingerprint density at radius 2 is 2.16 bits per heavy atom. The molecule has 0 aliphatic carbocycles. The zero-order valence-electron chi connectivity index (χ0n) is 11.1. The van der Waals surface area contributed by atoms with Crippen LogP contribution in [0.5, 0.6) is 5.75 Å². The predicted molar refractivity (Wildman–Crippen MR) is 78.0 cm³/mol. The van der Waals surface area contributed by atoms with Crippen molar-refractivity contribution in [2.45, 2.75) is 26.9 Å². The highest BCUT2D eigenvalue weighted by Gasteiger charge is 2.12. The first kappa shape index (κ1) is 13.5. The van der Waals surface area contributed by atoms with Crippen LogP contribution in [0.2, 0.25) is 0 Å². The van der Waals surface area contributed by atoms with Crippen LogP contribution >= 0.6 is 11.3 Å². The fourth-order valence-electron chi connectivity index (χ4n) is 1.77. The zero-order chi connectivity index (χ0) is 13.8. The molecule has 1 aromatic heterocycles. The summed E-state index contributed by atoms with van der Waals surface area (Å²) >= 11 is 1.43. The van der Waals surface area contributed by atoms with Gasteiger partial charge in [-0.1, -0.05) is 25.1 Å². The van der Waals surface area contributed by atoms with Crippen molar-refractivity contribution < 1.29 is 4.74 Å². The highest BCUT2D eigenvalue weighted by Crippen LogP contribution is 2.22. The maximum absolute atomic E-state index is 7.53. The van der Waals surface area contributed by atoms with Crippen molar-refractivity contribution in [3.05, 3.63) is 45.4 Å². The molecule has 1 aromatic carbocycles. The van der Waals surface area contributed by atoms with Crippen molar-refractivity contribution in [1.82, 2.24) is 4.98 Å². The minimum atomic E-state index is 0.0801. The number of hydrogen-bond acceptors (Lipinski definition) is 4. The van der Waals surface area contributed by atoms with Crippen molar-refractivity contribution in [1.29, 1.82) is 5.41 Å². The number of nitrogen functional groups attached to an aromatic ring is 1. The maximum atomic E-state index is 7.53. The van der Waals surface area contributed by atoms with Gasteiger partial charge >= 0.3 is 0 Å². The minimum Gasteiger partial charge on any atom is -0.486 e. The van der Waals surface area contributed by atoms with Crippen molar-refractivity contribution >= 4 is 17.2 Å². The molecule has 0 fully saturated rings. The van der Waals surface area contributed by atoms with E-state index in [0.29, 0.717) is 6.61 Å². The maximum Gasteiger partial charge on any atom is 0.140 e. The van der Waals surface area contributed by atoms with Crippen LogP contribution in [0.25, 0.3) is 0 Å². The summed E-state index contributed by atoms with van der Waals surface area (Å²) in [4.78, 5) is 5.22. The zero-order valence-corrected chi connectivity index (χ0v) is 11.9. The number of para-hydroxylation sites is 1. The summed E-state index contributed by atoms with van der Waals surface area (Å²) < 4.78 is 5.75. The van der Waals surface area contributed by atoms with Gasteiger partial charge in [0.1, 0.15) is 23.2 Å². The third-order valence-electron chi connectivity index (χ3n) is 2.77. The molecular weight excluding hydrogens is 258 g/mol. The Bertz CT molecular complexity index is 592. The summed E-state index contributed by atoms with van der Waals surface area (Å²) in [5.41, 5.74) is 7.52. The van der Waals surface area contributed by atoms with Crippen LogP contribution in [0.4, 0.5) is 0 Å². The van der Waals surface area contributed by atoms with Crippen LogP contribution in [0.3, 0.4) is 0 Å². The standard InChI is InChI=1S/C14H17N3OS/c1-3-10-13(14(15)16)19-12(17-10)8-18-11-7-5-4-6-9(11)2/h4-7H,3,8H2,1-2H3,(H3,15,16). The fraction of sp³-hybridized carbons (Fsp3) is 0.286. The topological polar surface area (TPSA) is 72.0 Å². The summed E-state index contributed by atoms with van der Waals surface area (Å²) in [6, 6.07) is 7.88. The number of amidine groups is 1. The molecule has 0 amide bonds. The molecule has 19 heavy (non-hydrogen) atoms. The lowest BCUT2D eigenvalue weighted by atomic mass is 10.2. The third-order valence-corrected chi connectivity index (χ3v) is 3.87. The highest BCUT2D eigenvalue weighted by molar-refractivity contribution is 7.13. The lowest BCUT2D eigenvalue weighted by molar-refractivity contribution is 0.303. The average Bonchev–Trinajstić information content (AvgIpc) is 2.81. The molecule has 0 spiro atoms. The van der Waals surface area contributed by atoms with E-state index in [0.717, 1.165) is 33.3 Å². The van der Waals surface area contributed by atoms with Crippen LogP contribution in [0, 0.1) is 12.3 Å². The first-order valence-electron chi connectivity index (χ1n) is 6.13. The Hall–Kier alpha value is -1.88. The normalized spacial score (nSPS) is 10.4. The van der Waals surface area contributed by atoms with E-state index in [2.05, 4.69) is 4.98 Å². The van der Waals surface area contributed by atoms with Crippen molar-refractivity contribution in [3.8, 4) is 5.75 Å². The van der Waals surface area contributed by atoms with Gasteiger partial charge in [-0.15, -0.1) is 11.3 Å². The molecule has 2 rings (SSSR count). The number of nitrogens with one attached hydrogen (secondary N) is 1. The Kier molecular flexibility index (Phi) is 4.16. The van der Waals surface area contributed by atoms with Gasteiger partial charge in [0.05, 0.1) is 10.6 Å². The van der Waals surface area contributed by atoms with Crippen molar-refractivity contribution in [2.24, 2.45) is 5.73 Å². The molecule has 0 radical (unpaired) electrons. The number of nitrogens with zero attached hydrogens (tertiary/aromatic N) is 1. The first-order chi connectivity index (χ1) is 9.11. The van der Waals surface area contributed by atoms with Crippen LogP contribution in [0.15, 0.2) is 24.3 Å². The molecule has 0 aliphatic rings. The molecule has 1 heterocycles. The summed E-state index contributed by atoms with van der Waals surface area (Å²) in [7, 11) is 0. The highest BCUT2D eigenvalue weighted by atomic mass is 32.1. The fourth-order valence-corrected chi connectivity index (χ4v) is 2.70. The van der Waals surface area contributed by atoms with Gasteiger partial charge in [0, 0.05) is 0 Å². The molecular formula is C14H17N3OS. The van der Waals surface area contributed by atoms with E-state index in [4.69, 9.17) is 15.9 Å². The first-order valence-corrected chi connectivity index (χ1v) is 6.94. The molecule has 100 valence electrons. The van der Waals surface area contributed by atoms with Gasteiger partial charge in [0.2, 0.25) is 0 Å². The second-order valence-corrected chi connectivity index (χ2v) is 5.29. The number of benzene rings is 1. The van der Waals surface area contributed by atoms with Gasteiger partial charge in [0.25, 0.3) is 0 Å². The van der Waals surface area contributed by atoms with E-state index in [1.54, 1.807) is 0 Å². The smallest absolute Gasteiger partial charge is 0.140 e. The van der Waals surface area contributed by atoms with Crippen LogP contribution in [-0.4, -0.2) is 10.8 Å². The molecule has 3 N–H and O–H groups in total. The summed E-state index contributed by atoms with van der Waals surface area (Å²) in [6.45, 7) is 4.43. The second kappa shape index (κ2) is 5.84. The van der Waals surface area contributed by atoms with Gasteiger partial charge in [-0.25, -0.2) is 4.98 Å². The number of hydrogen-bond donors (Lipinski definition) is 2. The molecule has 0 saturated carbocycles. The van der Waals surface area contributed by atoms with E-state index in [1.807, 2.05) is 38.1 Å². The van der Waals surface area contributed by atoms with E-state index in [-0.39, 0.29) is 5.84 Å². The van der Waals surface area contributed by atoms with Gasteiger partial charge in [-0.3, -0.25) is 5.41 Å². The van der Waals surface area contributed by atoms with Gasteiger partial charge < -0.3 is 10.5 Å². The molecule has 4 nitrogen and oxygen atoms in total. The molecule has 2 aromatic rings. The predicted octanol–water partition coefficient (Wildman–Crippen LogP) is 2.88. The lowest BCUT2D eigenvalue weighted by Gasteiger charge is -2.06. The van der Waals surface area contributed by atoms with Crippen molar-refractivity contribution in [3.63, 3.8) is 0 Å². The quantitative estimate of drug-likeness (QED) is 0.651. The summed E-state index contributed by atoms with van der Waals surface area (Å²) in [5.74, 6) is 0.941. The number of nitrogens with two attached hydrogens (primary N) is 1. The number of ether oxygens (including phenoxy) is 1. The van der Waals surface area contributed by atoms with Gasteiger partial charge in [-0.05, 0) is 25.0 Å². The Morgan fingerprint density at radius 3 is 2.74 bits per heavy atom. The molecule has 0 unspecified atom stereocenters. The van der Waals surface area contributed by atoms with Crippen LogP contribution in [-0.2, 0) is 13.0 Å². The van der Waals surface area contributed by atoms with E-state index >= 15 is 0 Å². The Morgan fingerprint density at radius 1 is 1.42 bits per heavy atom. The molecule has 0 atom stereocenters. The molecule has 0 bridgehead atoms. The number of thiazole rings is 1. The van der Waals surface area contributed by atoms with E-state index in [1.165, 1.54) is 11.3 Å². The average molecular weight is 275 g/mol. The SMILES string of the molecule is CCc1nc(COc2ccccc2C)sc1C(=N)N. The number of aromatic nitrogens is 1. The Balaban J connectivity index is 2.12. The molecule has 5 heteroatoms. The number of rotatable bonds is 5. The third kappa shape index (κ3) is 3.12. The molecule has 0 aliphatic heterocycles. The van der Waals surface area contributed by atoms with Gasteiger partial charge in [0.15, 0.2) is 0 Å². The number of aryl methyl sites for hydroxylation is 2. The van der Waals surface area contributed by atoms with Crippen LogP contribution < -0.4 is 10.5 Å². The summed E-state index contributed by atoms with van der Waals surface area (Å²) in [5, 5.41) is 8.38.